The molecule has 1 saturated heterocycles. The van der Waals surface area contributed by atoms with Crippen molar-refractivity contribution in [2.75, 3.05) is 17.6 Å². The topological polar surface area (TPSA) is 124 Å². The molecule has 178 valence electrons. The number of hydrogen-bond acceptors (Lipinski definition) is 10. The van der Waals surface area contributed by atoms with Crippen LogP contribution in [0.1, 0.15) is 53.4 Å². The van der Waals surface area contributed by atoms with Crippen molar-refractivity contribution in [3.63, 3.8) is 0 Å². The van der Waals surface area contributed by atoms with E-state index in [1.54, 1.807) is 0 Å². The van der Waals surface area contributed by atoms with E-state index in [1.807, 2.05) is 0 Å². The number of ether oxygens (including phenoxy) is 6. The molecule has 0 aromatic rings. The Balaban J connectivity index is 3.07. The number of carbonyl (C=O) groups is 4. The monoisotopic (exact) mass is 558 g/mol. The normalized spacial score (nSPS) is 25.4. The SMILES string of the molecule is CC(=O)OC[C@H]1O[C@@H](OCCCCCCI)[C@H](OC(C)=O)[C@@H](OC(C)=O)[C@@H]1OC(C)=O. The van der Waals surface area contributed by atoms with Crippen LogP contribution < -0.4 is 0 Å². The zero-order valence-corrected chi connectivity index (χ0v) is 20.5. The first-order valence-electron chi connectivity index (χ1n) is 10.1. The molecule has 31 heavy (non-hydrogen) atoms. The van der Waals surface area contributed by atoms with Crippen molar-refractivity contribution in [1.82, 2.24) is 0 Å². The molecule has 0 N–H and O–H groups in total. The molecule has 1 heterocycles. The summed E-state index contributed by atoms with van der Waals surface area (Å²) in [5.74, 6) is -2.56. The van der Waals surface area contributed by atoms with Gasteiger partial charge in [0, 0.05) is 34.3 Å². The van der Waals surface area contributed by atoms with Crippen molar-refractivity contribution in [2.24, 2.45) is 0 Å². The van der Waals surface area contributed by atoms with E-state index in [4.69, 9.17) is 28.4 Å². The highest BCUT2D eigenvalue weighted by Gasteiger charge is 2.52. The third-order valence-electron chi connectivity index (χ3n) is 4.26. The number of alkyl halides is 1. The summed E-state index contributed by atoms with van der Waals surface area (Å²) < 4.78 is 33.7. The predicted molar refractivity (Wildman–Crippen MR) is 115 cm³/mol. The van der Waals surface area contributed by atoms with Gasteiger partial charge in [0.15, 0.2) is 24.6 Å². The van der Waals surface area contributed by atoms with Gasteiger partial charge in [-0.15, -0.1) is 0 Å². The molecule has 0 aromatic heterocycles. The number of esters is 4. The van der Waals surface area contributed by atoms with Crippen LogP contribution in [0.25, 0.3) is 0 Å². The van der Waals surface area contributed by atoms with Crippen molar-refractivity contribution in [1.29, 1.82) is 0 Å². The minimum absolute atomic E-state index is 0.270. The quantitative estimate of drug-likeness (QED) is 0.116. The standard InChI is InChI=1S/C20H31IO10/c1-12(22)27-11-16-17(28-13(2)23)18(29-14(3)24)19(30-15(4)25)20(31-16)26-10-8-6-5-7-9-21/h16-20H,5-11H2,1-4H3/t16-,17-,18+,19-,20-/m1/s1. The van der Waals surface area contributed by atoms with Crippen molar-refractivity contribution in [2.45, 2.75) is 84.1 Å². The summed E-state index contributed by atoms with van der Waals surface area (Å²) in [6.07, 6.45) is -1.77. The Bertz CT molecular complexity index is 611. The lowest BCUT2D eigenvalue weighted by Crippen LogP contribution is -2.63. The van der Waals surface area contributed by atoms with Crippen LogP contribution in [0.2, 0.25) is 0 Å². The lowest BCUT2D eigenvalue weighted by molar-refractivity contribution is -0.308. The summed E-state index contributed by atoms with van der Waals surface area (Å²) in [6, 6.07) is 0. The highest BCUT2D eigenvalue weighted by Crippen LogP contribution is 2.30. The fourth-order valence-electron chi connectivity index (χ4n) is 3.07. The smallest absolute Gasteiger partial charge is 0.303 e. The summed E-state index contributed by atoms with van der Waals surface area (Å²) in [6.45, 7) is 4.81. The van der Waals surface area contributed by atoms with E-state index in [9.17, 15) is 19.2 Å². The number of unbranched alkanes of at least 4 members (excludes halogenated alkanes) is 3. The van der Waals surface area contributed by atoms with Crippen molar-refractivity contribution in [3.8, 4) is 0 Å². The molecule has 0 radical (unpaired) electrons. The second-order valence-corrected chi connectivity index (χ2v) is 8.12. The molecule has 0 aromatic carbocycles. The molecule has 0 bridgehead atoms. The van der Waals surface area contributed by atoms with Gasteiger partial charge in [0.25, 0.3) is 0 Å². The average Bonchev–Trinajstić information content (AvgIpc) is 2.66. The van der Waals surface area contributed by atoms with Crippen LogP contribution >= 0.6 is 22.6 Å². The Kier molecular flexibility index (Phi) is 13.0. The van der Waals surface area contributed by atoms with Crippen molar-refractivity contribution < 1.29 is 47.6 Å². The third-order valence-corrected chi connectivity index (χ3v) is 5.02. The molecule has 0 saturated carbocycles. The van der Waals surface area contributed by atoms with E-state index in [0.29, 0.717) is 6.61 Å². The number of carbonyl (C=O) groups excluding carboxylic acids is 4. The van der Waals surface area contributed by atoms with Gasteiger partial charge in [0.2, 0.25) is 0 Å². The second kappa shape index (κ2) is 14.6. The first-order chi connectivity index (χ1) is 14.6. The fraction of sp³-hybridized carbons (Fsp3) is 0.800. The molecule has 1 fully saturated rings. The van der Waals surface area contributed by atoms with Crippen LogP contribution in [-0.2, 0) is 47.6 Å². The van der Waals surface area contributed by atoms with E-state index in [-0.39, 0.29) is 6.61 Å². The van der Waals surface area contributed by atoms with Crippen LogP contribution in [0.4, 0.5) is 0 Å². The number of halogens is 1. The number of hydrogen-bond donors (Lipinski definition) is 0. The molecule has 0 aliphatic carbocycles. The molecule has 1 rings (SSSR count). The Labute approximate surface area is 195 Å². The van der Waals surface area contributed by atoms with Gasteiger partial charge in [-0.05, 0) is 17.3 Å². The van der Waals surface area contributed by atoms with Gasteiger partial charge in [0.1, 0.15) is 12.7 Å². The maximum atomic E-state index is 11.7. The summed E-state index contributed by atoms with van der Waals surface area (Å²) >= 11 is 2.32. The van der Waals surface area contributed by atoms with E-state index in [1.165, 1.54) is 27.7 Å². The molecule has 0 amide bonds. The van der Waals surface area contributed by atoms with Crippen LogP contribution in [0, 0.1) is 0 Å². The zero-order chi connectivity index (χ0) is 23.4. The summed E-state index contributed by atoms with van der Waals surface area (Å²) in [7, 11) is 0. The van der Waals surface area contributed by atoms with Gasteiger partial charge < -0.3 is 28.4 Å². The largest absolute Gasteiger partial charge is 0.463 e. The van der Waals surface area contributed by atoms with E-state index >= 15 is 0 Å². The van der Waals surface area contributed by atoms with Crippen LogP contribution in [-0.4, -0.2) is 72.2 Å². The molecule has 1 aliphatic heterocycles. The average molecular weight is 558 g/mol. The summed E-state index contributed by atoms with van der Waals surface area (Å²) in [5, 5.41) is 0. The molecule has 10 nitrogen and oxygen atoms in total. The molecular formula is C20H31IO10. The van der Waals surface area contributed by atoms with E-state index in [0.717, 1.165) is 30.1 Å². The molecule has 0 unspecified atom stereocenters. The Morgan fingerprint density at radius 1 is 0.742 bits per heavy atom. The summed E-state index contributed by atoms with van der Waals surface area (Å²) in [4.78, 5) is 46.4. The predicted octanol–water partition coefficient (Wildman–Crippen LogP) is 2.08. The molecular weight excluding hydrogens is 527 g/mol. The first kappa shape index (κ1) is 27.6. The van der Waals surface area contributed by atoms with Gasteiger partial charge in [-0.3, -0.25) is 19.2 Å². The fourth-order valence-corrected chi connectivity index (χ4v) is 3.61. The van der Waals surface area contributed by atoms with E-state index in [2.05, 4.69) is 22.6 Å². The van der Waals surface area contributed by atoms with Crippen LogP contribution in [0.3, 0.4) is 0 Å². The van der Waals surface area contributed by atoms with Gasteiger partial charge in [-0.25, -0.2) is 0 Å². The van der Waals surface area contributed by atoms with Gasteiger partial charge >= 0.3 is 23.9 Å². The Morgan fingerprint density at radius 3 is 1.84 bits per heavy atom. The second-order valence-electron chi connectivity index (χ2n) is 7.04. The van der Waals surface area contributed by atoms with Crippen LogP contribution in [0.5, 0.6) is 0 Å². The van der Waals surface area contributed by atoms with Gasteiger partial charge in [-0.1, -0.05) is 35.4 Å². The third kappa shape index (κ3) is 10.6. The van der Waals surface area contributed by atoms with E-state index < -0.39 is 54.6 Å². The highest BCUT2D eigenvalue weighted by molar-refractivity contribution is 14.1. The maximum absolute atomic E-state index is 11.7. The molecule has 5 atom stereocenters. The Morgan fingerprint density at radius 2 is 1.29 bits per heavy atom. The van der Waals surface area contributed by atoms with Crippen molar-refractivity contribution >= 4 is 46.5 Å². The maximum Gasteiger partial charge on any atom is 0.303 e. The minimum atomic E-state index is -1.20. The Hall–Kier alpha value is -1.47. The lowest BCUT2D eigenvalue weighted by atomic mass is 9.98. The minimum Gasteiger partial charge on any atom is -0.463 e. The van der Waals surface area contributed by atoms with Crippen molar-refractivity contribution in [3.05, 3.63) is 0 Å². The zero-order valence-electron chi connectivity index (χ0n) is 18.3. The van der Waals surface area contributed by atoms with Gasteiger partial charge in [0.05, 0.1) is 0 Å². The number of rotatable bonds is 12. The van der Waals surface area contributed by atoms with Crippen LogP contribution in [0.15, 0.2) is 0 Å². The first-order valence-corrected chi connectivity index (χ1v) is 11.7. The highest BCUT2D eigenvalue weighted by atomic mass is 127. The molecule has 11 heteroatoms. The van der Waals surface area contributed by atoms with Gasteiger partial charge in [-0.2, -0.15) is 0 Å². The summed E-state index contributed by atoms with van der Waals surface area (Å²) in [5.41, 5.74) is 0. The molecule has 1 aliphatic rings. The molecule has 0 spiro atoms. The lowest BCUT2D eigenvalue weighted by Gasteiger charge is -2.44.